The van der Waals surface area contributed by atoms with Crippen molar-refractivity contribution in [1.29, 1.82) is 0 Å². The molecule has 3 rings (SSSR count). The maximum absolute atomic E-state index is 12.1. The predicted octanol–water partition coefficient (Wildman–Crippen LogP) is 2.56. The molecular weight excluding hydrogens is 292 g/mol. The molecule has 6 nitrogen and oxygen atoms in total. The number of hydrogen-bond acceptors (Lipinski definition) is 4. The Kier molecular flexibility index (Phi) is 5.06. The fourth-order valence-electron chi connectivity index (χ4n) is 2.33. The van der Waals surface area contributed by atoms with E-state index in [4.69, 9.17) is 4.74 Å². The van der Waals surface area contributed by atoms with Crippen molar-refractivity contribution in [3.63, 3.8) is 0 Å². The number of rotatable bonds is 4. The average Bonchev–Trinajstić information content (AvgIpc) is 2.63. The van der Waals surface area contributed by atoms with Gasteiger partial charge in [0, 0.05) is 19.6 Å². The van der Waals surface area contributed by atoms with Crippen molar-refractivity contribution in [3.8, 4) is 0 Å². The molecule has 120 valence electrons. The van der Waals surface area contributed by atoms with Gasteiger partial charge in [0.1, 0.15) is 5.82 Å². The third-order valence-electron chi connectivity index (χ3n) is 3.63. The lowest BCUT2D eigenvalue weighted by molar-refractivity contribution is 0.0564. The summed E-state index contributed by atoms with van der Waals surface area (Å²) in [5, 5.41) is 6.11. The van der Waals surface area contributed by atoms with Gasteiger partial charge in [0.15, 0.2) is 0 Å². The molecule has 0 aliphatic carbocycles. The molecule has 2 aromatic rings. The highest BCUT2D eigenvalue weighted by atomic mass is 16.5. The van der Waals surface area contributed by atoms with Gasteiger partial charge in [-0.15, -0.1) is 0 Å². The van der Waals surface area contributed by atoms with Gasteiger partial charge in [-0.2, -0.15) is 0 Å². The molecule has 6 heteroatoms. The third-order valence-corrected chi connectivity index (χ3v) is 3.63. The SMILES string of the molecule is O=C(Nc1ccc(NCc2ccccc2)nc1)N1CCOCC1. The smallest absolute Gasteiger partial charge is 0.322 e. The van der Waals surface area contributed by atoms with E-state index in [1.807, 2.05) is 30.3 Å². The van der Waals surface area contributed by atoms with Crippen LogP contribution in [0, 0.1) is 0 Å². The standard InChI is InChI=1S/C17H20N4O2/c22-17(21-8-10-23-11-9-21)20-15-6-7-16(19-13-15)18-12-14-4-2-1-3-5-14/h1-7,13H,8-12H2,(H,18,19)(H,20,22). The van der Waals surface area contributed by atoms with Gasteiger partial charge in [0.05, 0.1) is 25.1 Å². The summed E-state index contributed by atoms with van der Waals surface area (Å²) in [7, 11) is 0. The first-order valence-electron chi connectivity index (χ1n) is 7.69. The minimum absolute atomic E-state index is 0.111. The molecule has 1 aliphatic heterocycles. The van der Waals surface area contributed by atoms with Gasteiger partial charge in [-0.1, -0.05) is 30.3 Å². The molecule has 0 radical (unpaired) electrons. The number of hydrogen-bond donors (Lipinski definition) is 2. The quantitative estimate of drug-likeness (QED) is 0.910. The van der Waals surface area contributed by atoms with Crippen molar-refractivity contribution >= 4 is 17.5 Å². The zero-order valence-corrected chi connectivity index (χ0v) is 12.9. The minimum atomic E-state index is -0.111. The van der Waals surface area contributed by atoms with E-state index in [1.165, 1.54) is 5.56 Å². The highest BCUT2D eigenvalue weighted by molar-refractivity contribution is 5.89. The summed E-state index contributed by atoms with van der Waals surface area (Å²) in [6.07, 6.45) is 1.66. The zero-order chi connectivity index (χ0) is 15.9. The van der Waals surface area contributed by atoms with E-state index in [1.54, 1.807) is 11.1 Å². The van der Waals surface area contributed by atoms with Gasteiger partial charge in [0.25, 0.3) is 0 Å². The lowest BCUT2D eigenvalue weighted by Crippen LogP contribution is -2.43. The third kappa shape index (κ3) is 4.43. The largest absolute Gasteiger partial charge is 0.378 e. The van der Waals surface area contributed by atoms with Gasteiger partial charge in [-0.25, -0.2) is 9.78 Å². The van der Waals surface area contributed by atoms with Gasteiger partial charge in [-0.3, -0.25) is 0 Å². The number of amides is 2. The molecule has 0 saturated carbocycles. The first kappa shape index (κ1) is 15.3. The highest BCUT2D eigenvalue weighted by Gasteiger charge is 2.16. The lowest BCUT2D eigenvalue weighted by Gasteiger charge is -2.26. The van der Waals surface area contributed by atoms with Crippen LogP contribution in [0.25, 0.3) is 0 Å². The van der Waals surface area contributed by atoms with Crippen molar-refractivity contribution in [2.24, 2.45) is 0 Å². The number of ether oxygens (including phenoxy) is 1. The van der Waals surface area contributed by atoms with Crippen molar-refractivity contribution in [1.82, 2.24) is 9.88 Å². The van der Waals surface area contributed by atoms with E-state index in [0.717, 1.165) is 5.82 Å². The summed E-state index contributed by atoms with van der Waals surface area (Å²) < 4.78 is 5.24. The lowest BCUT2D eigenvalue weighted by atomic mass is 10.2. The second-order valence-electron chi connectivity index (χ2n) is 5.30. The molecule has 1 aliphatic rings. The molecule has 0 atom stereocenters. The molecule has 0 unspecified atom stereocenters. The molecule has 1 fully saturated rings. The number of carbonyl (C=O) groups is 1. The fourth-order valence-corrected chi connectivity index (χ4v) is 2.33. The Hall–Kier alpha value is -2.60. The molecule has 2 amide bonds. The maximum Gasteiger partial charge on any atom is 0.322 e. The monoisotopic (exact) mass is 312 g/mol. The molecule has 0 spiro atoms. The average molecular weight is 312 g/mol. The van der Waals surface area contributed by atoms with Crippen LogP contribution in [0.2, 0.25) is 0 Å². The fraction of sp³-hybridized carbons (Fsp3) is 0.294. The van der Waals surface area contributed by atoms with Crippen LogP contribution in [0.1, 0.15) is 5.56 Å². The summed E-state index contributed by atoms with van der Waals surface area (Å²) in [4.78, 5) is 18.1. The second kappa shape index (κ2) is 7.60. The molecule has 1 aromatic heterocycles. The molecule has 1 aromatic carbocycles. The molecule has 0 bridgehead atoms. The summed E-state index contributed by atoms with van der Waals surface area (Å²) >= 11 is 0. The topological polar surface area (TPSA) is 66.5 Å². The van der Waals surface area contributed by atoms with Gasteiger partial charge >= 0.3 is 6.03 Å². The van der Waals surface area contributed by atoms with E-state index in [9.17, 15) is 4.79 Å². The van der Waals surface area contributed by atoms with Crippen LogP contribution in [-0.4, -0.2) is 42.2 Å². The van der Waals surface area contributed by atoms with E-state index < -0.39 is 0 Å². The predicted molar refractivity (Wildman–Crippen MR) is 89.4 cm³/mol. The first-order chi connectivity index (χ1) is 11.3. The Morgan fingerprint density at radius 1 is 1.13 bits per heavy atom. The van der Waals surface area contributed by atoms with Gasteiger partial charge < -0.3 is 20.3 Å². The summed E-state index contributed by atoms with van der Waals surface area (Å²) in [6.45, 7) is 3.14. The zero-order valence-electron chi connectivity index (χ0n) is 12.9. The number of aromatic nitrogens is 1. The van der Waals surface area contributed by atoms with Crippen molar-refractivity contribution < 1.29 is 9.53 Å². The van der Waals surface area contributed by atoms with E-state index in [0.29, 0.717) is 38.5 Å². The van der Waals surface area contributed by atoms with Crippen molar-refractivity contribution in [2.75, 3.05) is 36.9 Å². The number of morpholine rings is 1. The van der Waals surface area contributed by atoms with E-state index >= 15 is 0 Å². The number of anilines is 2. The molecule has 23 heavy (non-hydrogen) atoms. The van der Waals surface area contributed by atoms with Crippen LogP contribution >= 0.6 is 0 Å². The van der Waals surface area contributed by atoms with Crippen molar-refractivity contribution in [2.45, 2.75) is 6.54 Å². The first-order valence-corrected chi connectivity index (χ1v) is 7.69. The summed E-state index contributed by atoms with van der Waals surface area (Å²) in [5.41, 5.74) is 1.88. The number of nitrogens with one attached hydrogen (secondary N) is 2. The van der Waals surface area contributed by atoms with Crippen LogP contribution in [0.15, 0.2) is 48.7 Å². The number of nitrogens with zero attached hydrogens (tertiary/aromatic N) is 2. The Balaban J connectivity index is 1.51. The molecular formula is C17H20N4O2. The summed E-state index contributed by atoms with van der Waals surface area (Å²) in [6, 6.07) is 13.7. The highest BCUT2D eigenvalue weighted by Crippen LogP contribution is 2.12. The van der Waals surface area contributed by atoms with E-state index in [-0.39, 0.29) is 6.03 Å². The van der Waals surface area contributed by atoms with Crippen LogP contribution in [0.3, 0.4) is 0 Å². The van der Waals surface area contributed by atoms with Gasteiger partial charge in [-0.05, 0) is 17.7 Å². The van der Waals surface area contributed by atoms with Gasteiger partial charge in [0.2, 0.25) is 0 Å². The van der Waals surface area contributed by atoms with E-state index in [2.05, 4.69) is 27.8 Å². The van der Waals surface area contributed by atoms with Crippen LogP contribution in [0.5, 0.6) is 0 Å². The Morgan fingerprint density at radius 2 is 1.91 bits per heavy atom. The Morgan fingerprint density at radius 3 is 2.61 bits per heavy atom. The van der Waals surface area contributed by atoms with Crippen LogP contribution < -0.4 is 10.6 Å². The normalized spacial score (nSPS) is 14.3. The van der Waals surface area contributed by atoms with Crippen molar-refractivity contribution in [3.05, 3.63) is 54.2 Å². The molecule has 1 saturated heterocycles. The number of benzene rings is 1. The second-order valence-corrected chi connectivity index (χ2v) is 5.30. The Bertz CT molecular complexity index is 625. The number of urea groups is 1. The summed E-state index contributed by atoms with van der Waals surface area (Å²) in [5.74, 6) is 0.776. The number of pyridine rings is 1. The molecule has 2 heterocycles. The minimum Gasteiger partial charge on any atom is -0.378 e. The number of carbonyl (C=O) groups excluding carboxylic acids is 1. The molecule has 2 N–H and O–H groups in total. The Labute approximate surface area is 135 Å². The van der Waals surface area contributed by atoms with Crippen LogP contribution in [0.4, 0.5) is 16.3 Å². The maximum atomic E-state index is 12.1. The van der Waals surface area contributed by atoms with Crippen LogP contribution in [-0.2, 0) is 11.3 Å².